The highest BCUT2D eigenvalue weighted by atomic mass is 79.9. The van der Waals surface area contributed by atoms with Gasteiger partial charge in [0.2, 0.25) is 0 Å². The molecule has 0 heterocycles. The van der Waals surface area contributed by atoms with E-state index < -0.39 is 8.80 Å². The van der Waals surface area contributed by atoms with Gasteiger partial charge in [-0.1, -0.05) is 48.9 Å². The molecule has 0 radical (unpaired) electrons. The molecule has 0 spiro atoms. The summed E-state index contributed by atoms with van der Waals surface area (Å²) >= 11 is 3.44. The smallest absolute Gasteiger partial charge is 0.120 e. The van der Waals surface area contributed by atoms with Gasteiger partial charge in [-0.15, -0.1) is 0 Å². The van der Waals surface area contributed by atoms with Crippen LogP contribution in [0.25, 0.3) is 0 Å². The number of benzene rings is 1. The maximum absolute atomic E-state index is 5.80. The van der Waals surface area contributed by atoms with E-state index in [1.165, 1.54) is 0 Å². The topological polar surface area (TPSA) is 18.5 Å². The third kappa shape index (κ3) is 6.91. The fourth-order valence-electron chi connectivity index (χ4n) is 1.55. The van der Waals surface area contributed by atoms with Gasteiger partial charge >= 0.3 is 0 Å². The predicted octanol–water partition coefficient (Wildman–Crippen LogP) is 4.89. The van der Waals surface area contributed by atoms with Gasteiger partial charge in [0.25, 0.3) is 0 Å². The van der Waals surface area contributed by atoms with Crippen molar-refractivity contribution < 1.29 is 9.47 Å². The van der Waals surface area contributed by atoms with E-state index in [0.717, 1.165) is 42.9 Å². The fraction of sp³-hybridized carbons (Fsp3) is 0.625. The molecular formula is C16H27BrO2Si. The third-order valence-electron chi connectivity index (χ3n) is 3.78. The molecule has 4 heteroatoms. The zero-order valence-corrected chi connectivity index (χ0v) is 15.9. The summed E-state index contributed by atoms with van der Waals surface area (Å²) < 4.78 is 12.6. The molecule has 1 aromatic carbocycles. The van der Waals surface area contributed by atoms with Crippen LogP contribution in [0.4, 0.5) is 0 Å². The van der Waals surface area contributed by atoms with Crippen LogP contribution in [-0.2, 0) is 4.74 Å². The molecule has 1 aromatic rings. The zero-order chi connectivity index (χ0) is 15.0. The van der Waals surface area contributed by atoms with Crippen molar-refractivity contribution in [3.63, 3.8) is 0 Å². The molecule has 0 atom stereocenters. The first kappa shape index (κ1) is 17.7. The molecular weight excluding hydrogens is 332 g/mol. The molecule has 0 aromatic heterocycles. The van der Waals surface area contributed by atoms with E-state index in [-0.39, 0.29) is 0 Å². The van der Waals surface area contributed by atoms with Gasteiger partial charge in [0, 0.05) is 26.5 Å². The maximum Gasteiger partial charge on any atom is 0.120 e. The van der Waals surface area contributed by atoms with Crippen LogP contribution < -0.4 is 4.74 Å². The maximum atomic E-state index is 5.80. The molecule has 114 valence electrons. The summed E-state index contributed by atoms with van der Waals surface area (Å²) in [5, 5.41) is 0.396. The van der Waals surface area contributed by atoms with Crippen LogP contribution in [0.15, 0.2) is 28.7 Å². The average molecular weight is 359 g/mol. The molecule has 0 unspecified atom stereocenters. The van der Waals surface area contributed by atoms with Gasteiger partial charge in [0.05, 0.1) is 6.61 Å². The number of ether oxygens (including phenoxy) is 2. The summed E-state index contributed by atoms with van der Waals surface area (Å²) in [6.45, 7) is 11.9. The standard InChI is InChI=1S/C16H27BrO2Si/c1-16(2,20(3)4)13-18-10-5-6-11-19-15-9-7-8-14(17)12-15/h7-9,12,20H,5-6,10-11,13H2,1-4H3. The van der Waals surface area contributed by atoms with Crippen molar-refractivity contribution in [2.45, 2.75) is 44.8 Å². The van der Waals surface area contributed by atoms with Crippen LogP contribution in [0.5, 0.6) is 5.75 Å². The van der Waals surface area contributed by atoms with E-state index in [1.807, 2.05) is 24.3 Å². The Hall–Kier alpha value is -0.323. The van der Waals surface area contributed by atoms with Gasteiger partial charge < -0.3 is 9.47 Å². The van der Waals surface area contributed by atoms with Gasteiger partial charge in [-0.05, 0) is 36.1 Å². The Morgan fingerprint density at radius 3 is 2.50 bits per heavy atom. The highest BCUT2D eigenvalue weighted by Crippen LogP contribution is 2.28. The SMILES string of the molecule is C[SiH](C)C(C)(C)COCCCCOc1cccc(Br)c1. The molecule has 1 rings (SSSR count). The number of hydrogen-bond acceptors (Lipinski definition) is 2. The molecule has 0 fully saturated rings. The molecule has 0 N–H and O–H groups in total. The summed E-state index contributed by atoms with van der Waals surface area (Å²) in [4.78, 5) is 0. The van der Waals surface area contributed by atoms with Crippen molar-refractivity contribution in [3.8, 4) is 5.75 Å². The minimum atomic E-state index is -0.645. The van der Waals surface area contributed by atoms with Crippen LogP contribution in [0, 0.1) is 0 Å². The average Bonchev–Trinajstić information content (AvgIpc) is 2.37. The molecule has 0 saturated heterocycles. The molecule has 0 aliphatic carbocycles. The lowest BCUT2D eigenvalue weighted by Crippen LogP contribution is -2.26. The van der Waals surface area contributed by atoms with E-state index in [4.69, 9.17) is 9.47 Å². The van der Waals surface area contributed by atoms with E-state index in [9.17, 15) is 0 Å². The van der Waals surface area contributed by atoms with Gasteiger partial charge in [-0.3, -0.25) is 0 Å². The van der Waals surface area contributed by atoms with Crippen molar-refractivity contribution in [1.82, 2.24) is 0 Å². The lowest BCUT2D eigenvalue weighted by Gasteiger charge is -2.27. The van der Waals surface area contributed by atoms with Crippen molar-refractivity contribution >= 4 is 24.7 Å². The fourth-order valence-corrected chi connectivity index (χ4v) is 2.38. The molecule has 0 amide bonds. The Morgan fingerprint density at radius 2 is 1.85 bits per heavy atom. The Bertz CT molecular complexity index is 394. The highest BCUT2D eigenvalue weighted by Gasteiger charge is 2.23. The summed E-state index contributed by atoms with van der Waals surface area (Å²) in [6.07, 6.45) is 2.09. The Balaban J connectivity index is 2.06. The summed E-state index contributed by atoms with van der Waals surface area (Å²) in [6, 6.07) is 7.96. The summed E-state index contributed by atoms with van der Waals surface area (Å²) in [7, 11) is -0.645. The number of rotatable bonds is 9. The van der Waals surface area contributed by atoms with E-state index in [2.05, 4.69) is 42.9 Å². The molecule has 0 aliphatic rings. The largest absolute Gasteiger partial charge is 0.494 e. The second kappa shape index (κ2) is 8.85. The van der Waals surface area contributed by atoms with Crippen molar-refractivity contribution in [3.05, 3.63) is 28.7 Å². The zero-order valence-electron chi connectivity index (χ0n) is 13.1. The first-order valence-electron chi connectivity index (χ1n) is 7.38. The van der Waals surface area contributed by atoms with E-state index >= 15 is 0 Å². The third-order valence-corrected chi connectivity index (χ3v) is 7.57. The summed E-state index contributed by atoms with van der Waals surface area (Å²) in [5.74, 6) is 0.923. The Kier molecular flexibility index (Phi) is 7.85. The van der Waals surface area contributed by atoms with Crippen molar-refractivity contribution in [1.29, 1.82) is 0 Å². The minimum absolute atomic E-state index is 0.396. The van der Waals surface area contributed by atoms with Crippen LogP contribution in [0.2, 0.25) is 18.1 Å². The molecule has 0 bridgehead atoms. The van der Waals surface area contributed by atoms with Crippen LogP contribution >= 0.6 is 15.9 Å². The Morgan fingerprint density at radius 1 is 1.15 bits per heavy atom. The van der Waals surface area contributed by atoms with Gasteiger partial charge in [-0.2, -0.15) is 0 Å². The van der Waals surface area contributed by atoms with Gasteiger partial charge in [-0.25, -0.2) is 0 Å². The first-order chi connectivity index (χ1) is 9.42. The van der Waals surface area contributed by atoms with Crippen LogP contribution in [-0.4, -0.2) is 28.6 Å². The molecule has 20 heavy (non-hydrogen) atoms. The lowest BCUT2D eigenvalue weighted by molar-refractivity contribution is 0.107. The monoisotopic (exact) mass is 358 g/mol. The van der Waals surface area contributed by atoms with Crippen LogP contribution in [0.3, 0.4) is 0 Å². The Labute approximate surface area is 133 Å². The van der Waals surface area contributed by atoms with Gasteiger partial charge in [0.15, 0.2) is 0 Å². The molecule has 2 nitrogen and oxygen atoms in total. The molecule has 0 aliphatic heterocycles. The minimum Gasteiger partial charge on any atom is -0.494 e. The van der Waals surface area contributed by atoms with Crippen LogP contribution in [0.1, 0.15) is 26.7 Å². The normalized spacial score (nSPS) is 11.9. The van der Waals surface area contributed by atoms with E-state index in [1.54, 1.807) is 0 Å². The predicted molar refractivity (Wildman–Crippen MR) is 92.6 cm³/mol. The highest BCUT2D eigenvalue weighted by molar-refractivity contribution is 9.10. The second-order valence-electron chi connectivity index (χ2n) is 6.21. The molecule has 0 saturated carbocycles. The number of hydrogen-bond donors (Lipinski definition) is 0. The number of unbranched alkanes of at least 4 members (excludes halogenated alkanes) is 1. The summed E-state index contributed by atoms with van der Waals surface area (Å²) in [5.41, 5.74) is 0. The number of halogens is 1. The van der Waals surface area contributed by atoms with E-state index in [0.29, 0.717) is 5.04 Å². The van der Waals surface area contributed by atoms with Crippen molar-refractivity contribution in [2.24, 2.45) is 0 Å². The quantitative estimate of drug-likeness (QED) is 0.462. The van der Waals surface area contributed by atoms with Gasteiger partial charge in [0.1, 0.15) is 5.75 Å². The first-order valence-corrected chi connectivity index (χ1v) is 11.1. The lowest BCUT2D eigenvalue weighted by atomic mass is 10.2. The van der Waals surface area contributed by atoms with Crippen molar-refractivity contribution in [2.75, 3.05) is 19.8 Å². The second-order valence-corrected chi connectivity index (χ2v) is 11.0.